The van der Waals surface area contributed by atoms with Crippen LogP contribution in [-0.2, 0) is 21.4 Å². The molecule has 8 heteroatoms. The van der Waals surface area contributed by atoms with E-state index in [2.05, 4.69) is 4.98 Å². The summed E-state index contributed by atoms with van der Waals surface area (Å²) >= 11 is 0. The number of benzene rings is 2. The predicted molar refractivity (Wildman–Crippen MR) is 123 cm³/mol. The lowest BCUT2D eigenvalue weighted by Crippen LogP contribution is -2.43. The molecule has 0 amide bonds. The summed E-state index contributed by atoms with van der Waals surface area (Å²) in [4.78, 5) is 16.2. The molecule has 0 unspecified atom stereocenters. The number of fused-ring (bicyclic) bond motifs is 1. The number of carboxylic acids is 1. The fourth-order valence-electron chi connectivity index (χ4n) is 3.49. The zero-order chi connectivity index (χ0) is 23.5. The third-order valence-electron chi connectivity index (χ3n) is 5.22. The first-order chi connectivity index (χ1) is 15.1. The molecule has 1 aromatic heterocycles. The van der Waals surface area contributed by atoms with Crippen LogP contribution in [0.5, 0.6) is 5.75 Å². The van der Waals surface area contributed by atoms with Gasteiger partial charge in [0.2, 0.25) is 10.0 Å². The minimum absolute atomic E-state index is 0.0428. The molecule has 0 saturated heterocycles. The monoisotopic (exact) mass is 456 g/mol. The van der Waals surface area contributed by atoms with E-state index in [1.54, 1.807) is 12.1 Å². The van der Waals surface area contributed by atoms with Crippen LogP contribution in [0.2, 0.25) is 0 Å². The van der Waals surface area contributed by atoms with E-state index in [9.17, 15) is 18.3 Å². The van der Waals surface area contributed by atoms with Crippen molar-refractivity contribution in [3.05, 3.63) is 65.9 Å². The number of pyridine rings is 1. The number of sulfonamides is 1. The van der Waals surface area contributed by atoms with Gasteiger partial charge in [-0.25, -0.2) is 8.42 Å². The topological polar surface area (TPSA) is 96.8 Å². The smallest absolute Gasteiger partial charge is 0.322 e. The number of para-hydroxylation sites is 1. The largest absolute Gasteiger partial charge is 0.488 e. The molecule has 170 valence electrons. The van der Waals surface area contributed by atoms with E-state index in [0.717, 1.165) is 26.5 Å². The van der Waals surface area contributed by atoms with E-state index < -0.39 is 22.0 Å². The van der Waals surface area contributed by atoms with Crippen molar-refractivity contribution in [2.45, 2.75) is 44.7 Å². The summed E-state index contributed by atoms with van der Waals surface area (Å²) in [5.74, 6) is -0.404. The van der Waals surface area contributed by atoms with Gasteiger partial charge in [0.05, 0.1) is 10.4 Å². The summed E-state index contributed by atoms with van der Waals surface area (Å²) in [7, 11) is -2.63. The molecule has 0 radical (unpaired) electrons. The van der Waals surface area contributed by atoms with Crippen LogP contribution >= 0.6 is 0 Å². The summed E-state index contributed by atoms with van der Waals surface area (Å²) in [5, 5.41) is 10.4. The van der Waals surface area contributed by atoms with Crippen molar-refractivity contribution in [3.8, 4) is 5.75 Å². The fourth-order valence-corrected chi connectivity index (χ4v) is 4.82. The predicted octanol–water partition coefficient (Wildman–Crippen LogP) is 4.24. The molecule has 3 rings (SSSR count). The molecule has 0 spiro atoms. The van der Waals surface area contributed by atoms with Gasteiger partial charge in [-0.15, -0.1) is 0 Å². The van der Waals surface area contributed by atoms with Gasteiger partial charge in [0.1, 0.15) is 18.4 Å². The molecule has 0 fully saturated rings. The van der Waals surface area contributed by atoms with Gasteiger partial charge in [-0.3, -0.25) is 9.78 Å². The first-order valence-corrected chi connectivity index (χ1v) is 11.8. The van der Waals surface area contributed by atoms with Crippen LogP contribution in [0.15, 0.2) is 59.5 Å². The molecule has 0 saturated carbocycles. The number of aromatic nitrogens is 1. The maximum absolute atomic E-state index is 13.0. The van der Waals surface area contributed by atoms with Crippen LogP contribution in [-0.4, -0.2) is 41.9 Å². The molecular formula is C24H28N2O5S. The van der Waals surface area contributed by atoms with Crippen LogP contribution in [0.3, 0.4) is 0 Å². The van der Waals surface area contributed by atoms with E-state index in [1.807, 2.05) is 51.1 Å². The molecule has 2 aromatic carbocycles. The van der Waals surface area contributed by atoms with Crippen LogP contribution in [0, 0.1) is 12.8 Å². The van der Waals surface area contributed by atoms with Gasteiger partial charge < -0.3 is 9.84 Å². The molecule has 7 nitrogen and oxygen atoms in total. The van der Waals surface area contributed by atoms with E-state index in [-0.39, 0.29) is 23.8 Å². The third-order valence-corrected chi connectivity index (χ3v) is 7.10. The van der Waals surface area contributed by atoms with Gasteiger partial charge in [-0.05, 0) is 49.1 Å². The Morgan fingerprint density at radius 1 is 1.12 bits per heavy atom. The lowest BCUT2D eigenvalue weighted by Gasteiger charge is -2.25. The van der Waals surface area contributed by atoms with Gasteiger partial charge in [0.15, 0.2) is 0 Å². The average molecular weight is 457 g/mol. The Bertz CT molecular complexity index is 1210. The zero-order valence-electron chi connectivity index (χ0n) is 18.6. The minimum atomic E-state index is -3.94. The van der Waals surface area contributed by atoms with E-state index in [0.29, 0.717) is 5.75 Å². The highest BCUT2D eigenvalue weighted by molar-refractivity contribution is 7.89. The number of aliphatic carboxylic acids is 1. The van der Waals surface area contributed by atoms with Gasteiger partial charge in [0, 0.05) is 24.2 Å². The van der Waals surface area contributed by atoms with E-state index in [4.69, 9.17) is 4.74 Å². The number of aryl methyl sites for hydroxylation is 1. The van der Waals surface area contributed by atoms with Gasteiger partial charge in [0.25, 0.3) is 0 Å². The van der Waals surface area contributed by atoms with Gasteiger partial charge in [-0.1, -0.05) is 38.1 Å². The Kier molecular flexibility index (Phi) is 7.16. The van der Waals surface area contributed by atoms with Gasteiger partial charge >= 0.3 is 5.97 Å². The van der Waals surface area contributed by atoms with Gasteiger partial charge in [-0.2, -0.15) is 4.31 Å². The maximum Gasteiger partial charge on any atom is 0.322 e. The summed E-state index contributed by atoms with van der Waals surface area (Å²) < 4.78 is 32.8. The second-order valence-electron chi connectivity index (χ2n) is 8.22. The van der Waals surface area contributed by atoms with E-state index in [1.165, 1.54) is 19.2 Å². The average Bonchev–Trinajstić information content (AvgIpc) is 2.75. The number of nitrogens with zero attached hydrogens (tertiary/aromatic N) is 2. The van der Waals surface area contributed by atoms with Crippen molar-refractivity contribution in [3.63, 3.8) is 0 Å². The van der Waals surface area contributed by atoms with Crippen LogP contribution < -0.4 is 4.74 Å². The standard InChI is InChI=1S/C24H28N2O5S/c1-16(2)13-22(24(27)28)26(4)32(29,30)19-11-9-18(10-12-19)15-31-23-14-17(3)25-21-8-6-5-7-20(21)23/h5-12,14,16,22H,13,15H2,1-4H3,(H,27,28)/t22-/m0/s1. The highest BCUT2D eigenvalue weighted by Crippen LogP contribution is 2.26. The van der Waals surface area contributed by atoms with Crippen molar-refractivity contribution >= 4 is 26.9 Å². The Hall–Kier alpha value is -2.97. The first kappa shape index (κ1) is 23.7. The second-order valence-corrected chi connectivity index (χ2v) is 10.2. The van der Waals surface area contributed by atoms with Crippen molar-refractivity contribution in [1.29, 1.82) is 0 Å². The zero-order valence-corrected chi connectivity index (χ0v) is 19.5. The van der Waals surface area contributed by atoms with Crippen LogP contribution in [0.25, 0.3) is 10.9 Å². The summed E-state index contributed by atoms with van der Waals surface area (Å²) in [5.41, 5.74) is 2.49. The molecule has 3 aromatic rings. The summed E-state index contributed by atoms with van der Waals surface area (Å²) in [6, 6.07) is 14.8. The van der Waals surface area contributed by atoms with Crippen molar-refractivity contribution in [2.75, 3.05) is 7.05 Å². The number of hydrogen-bond donors (Lipinski definition) is 1. The first-order valence-electron chi connectivity index (χ1n) is 10.4. The maximum atomic E-state index is 13.0. The summed E-state index contributed by atoms with van der Waals surface area (Å²) in [6.45, 7) is 5.88. The Morgan fingerprint density at radius 2 is 1.78 bits per heavy atom. The SMILES string of the molecule is Cc1cc(OCc2ccc(S(=O)(=O)N(C)[C@@H](CC(C)C)C(=O)O)cc2)c2ccccc2n1. The molecule has 32 heavy (non-hydrogen) atoms. The van der Waals surface area contributed by atoms with Crippen LogP contribution in [0.1, 0.15) is 31.5 Å². The molecule has 1 N–H and O–H groups in total. The van der Waals surface area contributed by atoms with Crippen LogP contribution in [0.4, 0.5) is 0 Å². The number of carbonyl (C=O) groups is 1. The van der Waals surface area contributed by atoms with Crippen molar-refractivity contribution < 1.29 is 23.1 Å². The highest BCUT2D eigenvalue weighted by atomic mass is 32.2. The lowest BCUT2D eigenvalue weighted by atomic mass is 10.0. The third kappa shape index (κ3) is 5.26. The van der Waals surface area contributed by atoms with Crippen molar-refractivity contribution in [2.24, 2.45) is 5.92 Å². The number of likely N-dealkylation sites (N-methyl/N-ethyl adjacent to an activating group) is 1. The Labute approximate surface area is 188 Å². The molecule has 0 aliphatic rings. The quantitative estimate of drug-likeness (QED) is 0.517. The number of hydrogen-bond acceptors (Lipinski definition) is 5. The minimum Gasteiger partial charge on any atom is -0.488 e. The molecular weight excluding hydrogens is 428 g/mol. The van der Waals surface area contributed by atoms with E-state index >= 15 is 0 Å². The number of rotatable bonds is 9. The molecule has 1 atom stereocenters. The summed E-state index contributed by atoms with van der Waals surface area (Å²) in [6.07, 6.45) is 0.232. The Balaban J connectivity index is 1.77. The number of ether oxygens (including phenoxy) is 1. The lowest BCUT2D eigenvalue weighted by molar-refractivity contribution is -0.141. The Morgan fingerprint density at radius 3 is 2.41 bits per heavy atom. The normalized spacial score (nSPS) is 12.9. The highest BCUT2D eigenvalue weighted by Gasteiger charge is 2.33. The molecule has 0 aliphatic carbocycles. The second kappa shape index (κ2) is 9.67. The number of carboxylic acid groups (broad SMARTS) is 1. The molecule has 1 heterocycles. The fraction of sp³-hybridized carbons (Fsp3) is 0.333. The molecule has 0 aliphatic heterocycles. The van der Waals surface area contributed by atoms with Crippen molar-refractivity contribution in [1.82, 2.24) is 9.29 Å². The molecule has 0 bridgehead atoms.